The minimum atomic E-state index is -4.55. The number of hydrogen-bond donors (Lipinski definition) is 0. The summed E-state index contributed by atoms with van der Waals surface area (Å²) in [6.07, 6.45) is 0. The zero-order valence-corrected chi connectivity index (χ0v) is 14.0. The average molecular weight is 346 g/mol. The van der Waals surface area contributed by atoms with Gasteiger partial charge in [-0.3, -0.25) is 4.57 Å². The van der Waals surface area contributed by atoms with Crippen LogP contribution in [0.3, 0.4) is 0 Å². The van der Waals surface area contributed by atoms with E-state index in [1.54, 1.807) is 12.1 Å². The van der Waals surface area contributed by atoms with E-state index in [-0.39, 0.29) is 18.8 Å². The van der Waals surface area contributed by atoms with Crippen LogP contribution in [0, 0.1) is 0 Å². The van der Waals surface area contributed by atoms with Crippen molar-refractivity contribution >= 4 is 18.9 Å². The van der Waals surface area contributed by atoms with Crippen LogP contribution in [0.2, 0.25) is 0 Å². The van der Waals surface area contributed by atoms with E-state index >= 15 is 0 Å². The van der Waals surface area contributed by atoms with Crippen molar-refractivity contribution in [2.75, 3.05) is 13.2 Å². The van der Waals surface area contributed by atoms with Crippen LogP contribution in [0.15, 0.2) is 41.1 Å². The molecule has 0 bridgehead atoms. The van der Waals surface area contributed by atoms with E-state index in [0.717, 1.165) is 11.1 Å². The molecule has 0 aliphatic rings. The maximum atomic E-state index is 14.5. The fourth-order valence-electron chi connectivity index (χ4n) is 1.99. The predicted molar refractivity (Wildman–Crippen MR) is 84.5 cm³/mol. The lowest BCUT2D eigenvalue weighted by Gasteiger charge is -2.26. The Labute approximate surface area is 132 Å². The first-order chi connectivity index (χ1) is 10.4. The predicted octanol–water partition coefficient (Wildman–Crippen LogP) is 5.73. The number of halogens is 2. The first-order valence-corrected chi connectivity index (χ1v) is 9.33. The highest BCUT2D eigenvalue weighted by molar-refractivity contribution is 7.54. The van der Waals surface area contributed by atoms with Crippen LogP contribution in [0.25, 0.3) is 11.1 Å². The molecule has 120 valence electrons. The van der Waals surface area contributed by atoms with Crippen LogP contribution >= 0.6 is 18.9 Å². The topological polar surface area (TPSA) is 35.5 Å². The molecule has 0 atom stereocenters. The van der Waals surface area contributed by atoms with Crippen LogP contribution in [-0.2, 0) is 19.3 Å². The van der Waals surface area contributed by atoms with Crippen LogP contribution < -0.4 is 0 Å². The van der Waals surface area contributed by atoms with E-state index in [2.05, 4.69) is 0 Å². The standard InChI is InChI=1S/C15H17F2O3PS/c1-3-19-21(18,20-4-2)15(16,17)14-7-5-12(6-8-14)13-9-10-22-11-13/h5-11H,3-4H2,1-2H3. The Morgan fingerprint density at radius 3 is 2.09 bits per heavy atom. The van der Waals surface area contributed by atoms with Gasteiger partial charge in [0.25, 0.3) is 0 Å². The van der Waals surface area contributed by atoms with Gasteiger partial charge in [0, 0.05) is 5.56 Å². The van der Waals surface area contributed by atoms with Crippen LogP contribution in [0.5, 0.6) is 0 Å². The summed E-state index contributed by atoms with van der Waals surface area (Å²) in [5, 5.41) is 3.84. The highest BCUT2D eigenvalue weighted by atomic mass is 32.1. The summed E-state index contributed by atoms with van der Waals surface area (Å²) in [7, 11) is -4.55. The molecule has 22 heavy (non-hydrogen) atoms. The molecule has 0 fully saturated rings. The van der Waals surface area contributed by atoms with Crippen LogP contribution in [-0.4, -0.2) is 13.2 Å². The molecule has 0 radical (unpaired) electrons. The molecule has 3 nitrogen and oxygen atoms in total. The molecule has 1 aromatic carbocycles. The number of rotatable bonds is 7. The lowest BCUT2D eigenvalue weighted by Crippen LogP contribution is -2.18. The van der Waals surface area contributed by atoms with Crippen molar-refractivity contribution in [1.29, 1.82) is 0 Å². The van der Waals surface area contributed by atoms with Crippen molar-refractivity contribution in [1.82, 2.24) is 0 Å². The summed E-state index contributed by atoms with van der Waals surface area (Å²) in [5.41, 5.74) is -2.29. The van der Waals surface area contributed by atoms with E-state index in [9.17, 15) is 13.3 Å². The molecule has 0 aliphatic carbocycles. The third-order valence-electron chi connectivity index (χ3n) is 3.03. The molecule has 2 rings (SSSR count). The fourth-order valence-corrected chi connectivity index (χ4v) is 4.20. The fraction of sp³-hybridized carbons (Fsp3) is 0.333. The summed E-state index contributed by atoms with van der Waals surface area (Å²) < 4.78 is 51.0. The second kappa shape index (κ2) is 7.01. The Balaban J connectivity index is 2.34. The van der Waals surface area contributed by atoms with Gasteiger partial charge >= 0.3 is 13.3 Å². The highest BCUT2D eigenvalue weighted by Gasteiger charge is 2.54. The van der Waals surface area contributed by atoms with Gasteiger partial charge in [0.2, 0.25) is 0 Å². The van der Waals surface area contributed by atoms with Gasteiger partial charge in [-0.25, -0.2) is 0 Å². The Morgan fingerprint density at radius 1 is 1.05 bits per heavy atom. The quantitative estimate of drug-likeness (QED) is 0.601. The Kier molecular flexibility index (Phi) is 5.50. The van der Waals surface area contributed by atoms with Crippen molar-refractivity contribution in [3.8, 4) is 11.1 Å². The molecular formula is C15H17F2O3PS. The Bertz CT molecular complexity index is 631. The molecule has 0 saturated carbocycles. The maximum Gasteiger partial charge on any atom is 0.404 e. The van der Waals surface area contributed by atoms with Gasteiger partial charge in [-0.15, -0.1) is 0 Å². The zero-order valence-electron chi connectivity index (χ0n) is 12.3. The third kappa shape index (κ3) is 3.30. The van der Waals surface area contributed by atoms with E-state index in [0.29, 0.717) is 0 Å². The highest BCUT2D eigenvalue weighted by Crippen LogP contribution is 2.66. The summed E-state index contributed by atoms with van der Waals surface area (Å²) in [6, 6.07) is 7.58. The number of alkyl halides is 2. The van der Waals surface area contributed by atoms with Crippen LogP contribution in [0.4, 0.5) is 8.78 Å². The molecule has 7 heteroatoms. The first-order valence-electron chi connectivity index (χ1n) is 6.84. The summed E-state index contributed by atoms with van der Waals surface area (Å²) in [6.45, 7) is 2.78. The average Bonchev–Trinajstić information content (AvgIpc) is 3.02. The molecule has 0 saturated heterocycles. The Morgan fingerprint density at radius 2 is 1.64 bits per heavy atom. The van der Waals surface area contributed by atoms with Gasteiger partial charge in [0.1, 0.15) is 0 Å². The van der Waals surface area contributed by atoms with Gasteiger partial charge < -0.3 is 9.05 Å². The maximum absolute atomic E-state index is 14.5. The van der Waals surface area contributed by atoms with Crippen molar-refractivity contribution in [2.45, 2.75) is 19.5 Å². The molecule has 0 aliphatic heterocycles. The molecule has 2 aromatic rings. The van der Waals surface area contributed by atoms with Crippen molar-refractivity contribution in [3.63, 3.8) is 0 Å². The largest absolute Gasteiger partial charge is 0.404 e. The summed E-state index contributed by atoms with van der Waals surface area (Å²) >= 11 is 1.53. The van der Waals surface area contributed by atoms with Crippen molar-refractivity contribution < 1.29 is 22.4 Å². The van der Waals surface area contributed by atoms with Crippen LogP contribution in [0.1, 0.15) is 19.4 Å². The lowest BCUT2D eigenvalue weighted by atomic mass is 10.1. The third-order valence-corrected chi connectivity index (χ3v) is 5.85. The van der Waals surface area contributed by atoms with E-state index in [4.69, 9.17) is 9.05 Å². The normalized spacial score (nSPS) is 12.5. The monoisotopic (exact) mass is 346 g/mol. The summed E-state index contributed by atoms with van der Waals surface area (Å²) in [4.78, 5) is 0. The van der Waals surface area contributed by atoms with Gasteiger partial charge in [-0.05, 0) is 41.8 Å². The van der Waals surface area contributed by atoms with Gasteiger partial charge in [-0.2, -0.15) is 20.1 Å². The summed E-state index contributed by atoms with van der Waals surface area (Å²) in [5.74, 6) is 0. The minimum absolute atomic E-state index is 0.111. The molecule has 0 spiro atoms. The molecule has 1 aromatic heterocycles. The molecule has 0 N–H and O–H groups in total. The first kappa shape index (κ1) is 17.3. The zero-order chi connectivity index (χ0) is 16.2. The second-order valence-electron chi connectivity index (χ2n) is 4.46. The smallest absolute Gasteiger partial charge is 0.304 e. The Hall–Kier alpha value is -1.07. The number of benzene rings is 1. The van der Waals surface area contributed by atoms with Crippen molar-refractivity contribution in [3.05, 3.63) is 46.7 Å². The molecule has 0 amide bonds. The van der Waals surface area contributed by atoms with Gasteiger partial charge in [0.15, 0.2) is 0 Å². The second-order valence-corrected chi connectivity index (χ2v) is 7.32. The SMILES string of the molecule is CCOP(=O)(OCC)C(F)(F)c1ccc(-c2ccsc2)cc1. The van der Waals surface area contributed by atoms with Gasteiger partial charge in [0.05, 0.1) is 13.2 Å². The van der Waals surface area contributed by atoms with E-state index < -0.39 is 13.3 Å². The molecular weight excluding hydrogens is 329 g/mol. The van der Waals surface area contributed by atoms with Crippen molar-refractivity contribution in [2.24, 2.45) is 0 Å². The van der Waals surface area contributed by atoms with E-state index in [1.807, 2.05) is 16.8 Å². The number of thiophene rings is 1. The lowest BCUT2D eigenvalue weighted by molar-refractivity contribution is 0.0361. The minimum Gasteiger partial charge on any atom is -0.304 e. The van der Waals surface area contributed by atoms with E-state index in [1.165, 1.54) is 37.3 Å². The van der Waals surface area contributed by atoms with Gasteiger partial charge in [-0.1, -0.05) is 24.3 Å². The molecule has 0 unspecified atom stereocenters. The number of hydrogen-bond acceptors (Lipinski definition) is 4. The molecule has 1 heterocycles.